The minimum atomic E-state index is -0.234. The van der Waals surface area contributed by atoms with E-state index >= 15 is 0 Å². The lowest BCUT2D eigenvalue weighted by Gasteiger charge is -2.36. The number of carbonyl (C=O) groups excluding carboxylic acids is 1. The summed E-state index contributed by atoms with van der Waals surface area (Å²) < 4.78 is 16.3. The minimum Gasteiger partial charge on any atom is -0.335 e. The summed E-state index contributed by atoms with van der Waals surface area (Å²) in [4.78, 5) is 28.4. The summed E-state index contributed by atoms with van der Waals surface area (Å²) in [6, 6.07) is 14.9. The van der Waals surface area contributed by atoms with Gasteiger partial charge in [0.05, 0.1) is 5.92 Å². The van der Waals surface area contributed by atoms with E-state index in [-0.39, 0.29) is 35.2 Å². The van der Waals surface area contributed by atoms with Gasteiger partial charge in [-0.15, -0.1) is 0 Å². The van der Waals surface area contributed by atoms with Gasteiger partial charge >= 0.3 is 0 Å². The Balaban J connectivity index is 1.40. The Hall–Kier alpha value is -2.77. The van der Waals surface area contributed by atoms with Gasteiger partial charge in [0.15, 0.2) is 0 Å². The van der Waals surface area contributed by atoms with Gasteiger partial charge in [-0.05, 0) is 97.2 Å². The Morgan fingerprint density at radius 2 is 1.95 bits per heavy atom. The van der Waals surface area contributed by atoms with Crippen LogP contribution in [0.15, 0.2) is 64.0 Å². The minimum absolute atomic E-state index is 0.0252. The quantitative estimate of drug-likeness (QED) is 0.435. The highest BCUT2D eigenvalue weighted by Crippen LogP contribution is 2.36. The average Bonchev–Trinajstić information content (AvgIpc) is 3.72. The number of hydrogen-bond acceptors (Lipinski definition) is 3. The van der Waals surface area contributed by atoms with Crippen LogP contribution in [-0.2, 0) is 24.8 Å². The summed E-state index contributed by atoms with van der Waals surface area (Å²) in [6.07, 6.45) is 5.29. The molecule has 1 aliphatic heterocycles. The molecule has 0 radical (unpaired) electrons. The molecule has 3 aromatic rings. The molecular weight excluding hydrogens is 533 g/mol. The molecule has 1 saturated heterocycles. The number of piperidine rings is 1. The van der Waals surface area contributed by atoms with Gasteiger partial charge in [-0.2, -0.15) is 0 Å². The van der Waals surface area contributed by atoms with E-state index < -0.39 is 0 Å². The van der Waals surface area contributed by atoms with Crippen molar-refractivity contribution in [2.45, 2.75) is 51.1 Å². The van der Waals surface area contributed by atoms with Crippen LogP contribution in [0.25, 0.3) is 0 Å². The maximum Gasteiger partial charge on any atom is 0.250 e. The van der Waals surface area contributed by atoms with Crippen LogP contribution in [0.2, 0.25) is 0 Å². The molecule has 37 heavy (non-hydrogen) atoms. The molecule has 2 fully saturated rings. The molecule has 0 spiro atoms. The molecule has 2 unspecified atom stereocenters. The lowest BCUT2D eigenvalue weighted by atomic mass is 9.80. The Morgan fingerprint density at radius 1 is 1.14 bits per heavy atom. The van der Waals surface area contributed by atoms with E-state index in [0.29, 0.717) is 19.5 Å². The predicted molar refractivity (Wildman–Crippen MR) is 147 cm³/mol. The smallest absolute Gasteiger partial charge is 0.250 e. The number of carbonyl (C=O) groups is 1. The molecule has 2 heterocycles. The van der Waals surface area contributed by atoms with E-state index in [2.05, 4.69) is 45.2 Å². The van der Waals surface area contributed by atoms with Crippen molar-refractivity contribution >= 4 is 21.8 Å². The molecule has 1 N–H and O–H groups in total. The summed E-state index contributed by atoms with van der Waals surface area (Å²) >= 11 is 3.71. The molecule has 7 heteroatoms. The number of aromatic nitrogens is 1. The fraction of sp³-hybridized carbons (Fsp3) is 0.400. The largest absolute Gasteiger partial charge is 0.335 e. The molecule has 2 atom stereocenters. The normalized spacial score (nSPS) is 19.6. The van der Waals surface area contributed by atoms with E-state index in [1.165, 1.54) is 6.07 Å². The number of pyridine rings is 1. The summed E-state index contributed by atoms with van der Waals surface area (Å²) in [5.74, 6) is -0.258. The summed E-state index contributed by atoms with van der Waals surface area (Å²) in [7, 11) is 1.74. The van der Waals surface area contributed by atoms with Gasteiger partial charge in [-0.1, -0.05) is 34.1 Å². The van der Waals surface area contributed by atoms with Crippen LogP contribution < -0.4 is 10.9 Å². The first kappa shape index (κ1) is 25.9. The predicted octanol–water partition coefficient (Wildman–Crippen LogP) is 5.07. The third-order valence-corrected chi connectivity index (χ3v) is 8.60. The second-order valence-corrected chi connectivity index (χ2v) is 11.3. The van der Waals surface area contributed by atoms with Gasteiger partial charge in [0.2, 0.25) is 5.91 Å². The molecule has 2 aliphatic rings. The van der Waals surface area contributed by atoms with E-state index in [9.17, 15) is 14.0 Å². The maximum atomic E-state index is 14.0. The molecule has 2 aromatic carbocycles. The molecular formula is C30H33BrFN3O2. The van der Waals surface area contributed by atoms with Gasteiger partial charge in [-0.3, -0.25) is 9.59 Å². The average molecular weight is 567 g/mol. The van der Waals surface area contributed by atoms with Crippen molar-refractivity contribution in [3.05, 3.63) is 103 Å². The first-order chi connectivity index (χ1) is 17.8. The molecule has 0 bridgehead atoms. The van der Waals surface area contributed by atoms with Crippen LogP contribution in [0.1, 0.15) is 53.0 Å². The van der Waals surface area contributed by atoms with E-state index in [4.69, 9.17) is 0 Å². The third kappa shape index (κ3) is 5.88. The topological polar surface area (TPSA) is 54.3 Å². The summed E-state index contributed by atoms with van der Waals surface area (Å²) in [6.45, 7) is 4.05. The first-order valence-corrected chi connectivity index (χ1v) is 13.8. The molecule has 1 amide bonds. The van der Waals surface area contributed by atoms with Crippen LogP contribution in [0.5, 0.6) is 0 Å². The highest BCUT2D eigenvalue weighted by Gasteiger charge is 2.40. The molecule has 1 aliphatic carbocycles. The van der Waals surface area contributed by atoms with E-state index in [1.807, 2.05) is 12.1 Å². The number of rotatable bonds is 7. The van der Waals surface area contributed by atoms with Crippen molar-refractivity contribution in [3.8, 4) is 0 Å². The highest BCUT2D eigenvalue weighted by atomic mass is 79.9. The number of amides is 1. The highest BCUT2D eigenvalue weighted by molar-refractivity contribution is 9.10. The van der Waals surface area contributed by atoms with Crippen LogP contribution in [0.4, 0.5) is 4.39 Å². The summed E-state index contributed by atoms with van der Waals surface area (Å²) in [5, 5.41) is 3.41. The number of nitrogens with zero attached hydrogens (tertiary/aromatic N) is 2. The SMILES string of the molecule is Cc1c(Br)cc(CN(C(=O)C2CNCCC2c2ccn(C)c(=O)c2)C2CC2)cc1Cc1cccc(F)c1. The third-order valence-electron chi connectivity index (χ3n) is 7.77. The van der Waals surface area contributed by atoms with Gasteiger partial charge < -0.3 is 14.8 Å². The summed E-state index contributed by atoms with van der Waals surface area (Å²) in [5.41, 5.74) is 5.14. The van der Waals surface area contributed by atoms with Gasteiger partial charge in [0.1, 0.15) is 5.82 Å². The Labute approximate surface area is 225 Å². The van der Waals surface area contributed by atoms with E-state index in [1.54, 1.807) is 36.0 Å². The molecule has 1 saturated carbocycles. The molecule has 5 nitrogen and oxygen atoms in total. The van der Waals surface area contributed by atoms with Crippen molar-refractivity contribution < 1.29 is 9.18 Å². The molecule has 5 rings (SSSR count). The Kier molecular flexibility index (Phi) is 7.63. The number of aryl methyl sites for hydroxylation is 1. The van der Waals surface area contributed by atoms with Crippen LogP contribution in [-0.4, -0.2) is 34.5 Å². The second-order valence-electron chi connectivity index (χ2n) is 10.5. The molecule has 194 valence electrons. The fourth-order valence-corrected chi connectivity index (χ4v) is 5.98. The van der Waals surface area contributed by atoms with Gasteiger partial charge in [0.25, 0.3) is 5.56 Å². The second kappa shape index (κ2) is 10.9. The van der Waals surface area contributed by atoms with Crippen molar-refractivity contribution in [1.82, 2.24) is 14.8 Å². The zero-order chi connectivity index (χ0) is 26.1. The van der Waals surface area contributed by atoms with Gasteiger partial charge in [0, 0.05) is 42.9 Å². The van der Waals surface area contributed by atoms with Crippen LogP contribution in [0.3, 0.4) is 0 Å². The Bertz CT molecular complexity index is 1370. The van der Waals surface area contributed by atoms with Crippen molar-refractivity contribution in [1.29, 1.82) is 0 Å². The lowest BCUT2D eigenvalue weighted by Crippen LogP contribution is -2.47. The molecule has 1 aromatic heterocycles. The monoisotopic (exact) mass is 565 g/mol. The number of halogens is 2. The van der Waals surface area contributed by atoms with Crippen LogP contribution in [0, 0.1) is 18.7 Å². The zero-order valence-electron chi connectivity index (χ0n) is 21.3. The number of nitrogens with one attached hydrogen (secondary N) is 1. The Morgan fingerprint density at radius 3 is 2.68 bits per heavy atom. The van der Waals surface area contributed by atoms with Crippen molar-refractivity contribution in [3.63, 3.8) is 0 Å². The van der Waals surface area contributed by atoms with E-state index in [0.717, 1.165) is 58.1 Å². The fourth-order valence-electron chi connectivity index (χ4n) is 5.43. The van der Waals surface area contributed by atoms with Crippen molar-refractivity contribution in [2.75, 3.05) is 13.1 Å². The van der Waals surface area contributed by atoms with Crippen LogP contribution >= 0.6 is 15.9 Å². The number of hydrogen-bond donors (Lipinski definition) is 1. The lowest BCUT2D eigenvalue weighted by molar-refractivity contribution is -0.138. The first-order valence-electron chi connectivity index (χ1n) is 13.0. The van der Waals surface area contributed by atoms with Crippen molar-refractivity contribution in [2.24, 2.45) is 13.0 Å². The maximum absolute atomic E-state index is 14.0. The van der Waals surface area contributed by atoms with Gasteiger partial charge in [-0.25, -0.2) is 4.39 Å². The number of benzene rings is 2. The standard InChI is InChI=1S/C30H33BrFN3O2/c1-19-23(12-20-4-3-5-24(32)14-20)13-21(15-28(19)31)18-35(25-6-7-25)30(37)27-17-33-10-8-26(27)22-9-11-34(2)29(36)16-22/h3-5,9,11,13-16,25-27,33H,6-8,10,12,17-18H2,1-2H3. The zero-order valence-corrected chi connectivity index (χ0v) is 22.9.